The number of hydrogen-bond donors (Lipinski definition) is 2. The first-order chi connectivity index (χ1) is 14.1. The van der Waals surface area contributed by atoms with Crippen LogP contribution in [0.4, 0.5) is 0 Å². The summed E-state index contributed by atoms with van der Waals surface area (Å²) in [6, 6.07) is 11.8. The van der Waals surface area contributed by atoms with Crippen molar-refractivity contribution in [2.75, 3.05) is 0 Å². The molecule has 3 rings (SSSR count). The molecule has 0 aliphatic rings. The van der Waals surface area contributed by atoms with Crippen LogP contribution in [0.15, 0.2) is 47.4 Å². The van der Waals surface area contributed by atoms with Gasteiger partial charge >= 0.3 is 0 Å². The van der Waals surface area contributed by atoms with Crippen LogP contribution >= 0.6 is 11.3 Å². The number of aryl methyl sites for hydroxylation is 2. The van der Waals surface area contributed by atoms with Crippen molar-refractivity contribution in [1.29, 1.82) is 0 Å². The molecule has 0 bridgehead atoms. The van der Waals surface area contributed by atoms with Gasteiger partial charge in [0.15, 0.2) is 0 Å². The summed E-state index contributed by atoms with van der Waals surface area (Å²) in [5, 5.41) is 3.73. The molecule has 30 heavy (non-hydrogen) atoms. The maximum Gasteiger partial charge on any atom is 0.241 e. The summed E-state index contributed by atoms with van der Waals surface area (Å²) in [5.74, 6) is -0.183. The first kappa shape index (κ1) is 22.4. The van der Waals surface area contributed by atoms with Crippen LogP contribution in [-0.4, -0.2) is 25.4 Å². The third-order valence-corrected chi connectivity index (χ3v) is 7.09. The number of fused-ring (bicyclic) bond motifs is 1. The molecular formula is C22H27N3O3S2. The average molecular weight is 446 g/mol. The number of nitrogens with zero attached hydrogens (tertiary/aromatic N) is 1. The van der Waals surface area contributed by atoms with Gasteiger partial charge in [-0.05, 0) is 49.9 Å². The fourth-order valence-corrected chi connectivity index (χ4v) is 5.32. The first-order valence-electron chi connectivity index (χ1n) is 9.87. The zero-order chi connectivity index (χ0) is 21.9. The quantitative estimate of drug-likeness (QED) is 0.550. The van der Waals surface area contributed by atoms with Gasteiger partial charge in [0.1, 0.15) is 6.04 Å². The minimum atomic E-state index is -3.85. The average Bonchev–Trinajstić information content (AvgIpc) is 3.05. The van der Waals surface area contributed by atoms with Crippen molar-refractivity contribution in [2.45, 2.75) is 51.6 Å². The number of carbonyl (C=O) groups is 1. The van der Waals surface area contributed by atoms with Crippen LogP contribution in [0.1, 0.15) is 36.4 Å². The standard InChI is InChI=1S/C22H27N3O3S2/c1-14(2)11-20(22(26)23-13-17-7-5-15(3)6-8-17)25-30(27,28)18-9-10-19-21(12-18)29-16(4)24-19/h5-10,12,14,20,25H,11,13H2,1-4H3,(H,23,26). The maximum atomic E-state index is 13.0. The monoisotopic (exact) mass is 445 g/mol. The van der Waals surface area contributed by atoms with Crippen LogP contribution in [0.5, 0.6) is 0 Å². The molecule has 1 amide bonds. The Morgan fingerprint density at radius 1 is 1.10 bits per heavy atom. The highest BCUT2D eigenvalue weighted by molar-refractivity contribution is 7.89. The summed E-state index contributed by atoms with van der Waals surface area (Å²) < 4.78 is 29.4. The lowest BCUT2D eigenvalue weighted by molar-refractivity contribution is -0.123. The molecule has 2 N–H and O–H groups in total. The van der Waals surface area contributed by atoms with E-state index in [1.807, 2.05) is 52.0 Å². The molecule has 0 spiro atoms. The van der Waals surface area contributed by atoms with Gasteiger partial charge in [0.25, 0.3) is 0 Å². The van der Waals surface area contributed by atoms with Crippen molar-refractivity contribution in [3.63, 3.8) is 0 Å². The van der Waals surface area contributed by atoms with Crippen LogP contribution < -0.4 is 10.0 Å². The van der Waals surface area contributed by atoms with Crippen molar-refractivity contribution in [3.8, 4) is 0 Å². The summed E-state index contributed by atoms with van der Waals surface area (Å²) >= 11 is 1.44. The Hall–Kier alpha value is -2.29. The van der Waals surface area contributed by atoms with Gasteiger partial charge in [-0.25, -0.2) is 13.4 Å². The number of aromatic nitrogens is 1. The Labute approximate surface area is 181 Å². The number of carbonyl (C=O) groups excluding carboxylic acids is 1. The van der Waals surface area contributed by atoms with E-state index in [-0.39, 0.29) is 16.7 Å². The van der Waals surface area contributed by atoms with Crippen molar-refractivity contribution in [1.82, 2.24) is 15.0 Å². The van der Waals surface area contributed by atoms with Gasteiger partial charge in [-0.15, -0.1) is 11.3 Å². The van der Waals surface area contributed by atoms with Crippen LogP contribution in [0, 0.1) is 19.8 Å². The van der Waals surface area contributed by atoms with Crippen molar-refractivity contribution in [3.05, 3.63) is 58.6 Å². The molecule has 3 aromatic rings. The minimum Gasteiger partial charge on any atom is -0.351 e. The molecule has 1 aromatic heterocycles. The van der Waals surface area contributed by atoms with Gasteiger partial charge in [-0.3, -0.25) is 4.79 Å². The fourth-order valence-electron chi connectivity index (χ4n) is 3.14. The van der Waals surface area contributed by atoms with Crippen LogP contribution in [0.3, 0.4) is 0 Å². The number of rotatable bonds is 8. The molecular weight excluding hydrogens is 418 g/mol. The summed E-state index contributed by atoms with van der Waals surface area (Å²) in [5.41, 5.74) is 2.88. The Morgan fingerprint density at radius 2 is 1.80 bits per heavy atom. The second-order valence-electron chi connectivity index (χ2n) is 7.87. The molecule has 0 aliphatic carbocycles. The Balaban J connectivity index is 1.76. The number of benzene rings is 2. The zero-order valence-corrected chi connectivity index (χ0v) is 19.2. The van der Waals surface area contributed by atoms with E-state index in [9.17, 15) is 13.2 Å². The molecule has 0 saturated carbocycles. The number of thiazole rings is 1. The van der Waals surface area contributed by atoms with Gasteiger partial charge in [-0.2, -0.15) is 4.72 Å². The van der Waals surface area contributed by atoms with E-state index in [4.69, 9.17) is 0 Å². The Morgan fingerprint density at radius 3 is 2.47 bits per heavy atom. The topological polar surface area (TPSA) is 88.2 Å². The highest BCUT2D eigenvalue weighted by Crippen LogP contribution is 2.25. The number of hydrogen-bond acceptors (Lipinski definition) is 5. The van der Waals surface area contributed by atoms with Gasteiger partial charge in [0.2, 0.25) is 15.9 Å². The Kier molecular flexibility index (Phi) is 6.90. The van der Waals surface area contributed by atoms with E-state index in [2.05, 4.69) is 15.0 Å². The van der Waals surface area contributed by atoms with Gasteiger partial charge in [-0.1, -0.05) is 43.7 Å². The molecule has 1 atom stereocenters. The molecule has 0 aliphatic heterocycles. The lowest BCUT2D eigenvalue weighted by atomic mass is 10.0. The van der Waals surface area contributed by atoms with Crippen LogP contribution in [-0.2, 0) is 21.4 Å². The molecule has 2 aromatic carbocycles. The first-order valence-corrected chi connectivity index (χ1v) is 12.2. The Bertz CT molecular complexity index is 1140. The van der Waals surface area contributed by atoms with Gasteiger partial charge < -0.3 is 5.32 Å². The predicted octanol–water partition coefficient (Wildman–Crippen LogP) is 3.92. The largest absolute Gasteiger partial charge is 0.351 e. The molecule has 0 radical (unpaired) electrons. The smallest absolute Gasteiger partial charge is 0.241 e. The van der Waals surface area contributed by atoms with E-state index in [1.54, 1.807) is 12.1 Å². The third kappa shape index (κ3) is 5.65. The lowest BCUT2D eigenvalue weighted by Crippen LogP contribution is -2.47. The van der Waals surface area contributed by atoms with Gasteiger partial charge in [0, 0.05) is 6.54 Å². The highest BCUT2D eigenvalue weighted by atomic mass is 32.2. The fraction of sp³-hybridized carbons (Fsp3) is 0.364. The number of amides is 1. The van der Waals surface area contributed by atoms with E-state index < -0.39 is 16.1 Å². The van der Waals surface area contributed by atoms with Crippen LogP contribution in [0.2, 0.25) is 0 Å². The minimum absolute atomic E-state index is 0.138. The van der Waals surface area contributed by atoms with Crippen molar-refractivity contribution >= 4 is 37.5 Å². The summed E-state index contributed by atoms with van der Waals surface area (Å²) in [4.78, 5) is 17.3. The van der Waals surface area contributed by atoms with Crippen molar-refractivity contribution in [2.24, 2.45) is 5.92 Å². The van der Waals surface area contributed by atoms with Gasteiger partial charge in [0.05, 0.1) is 20.1 Å². The molecule has 160 valence electrons. The maximum absolute atomic E-state index is 13.0. The molecule has 0 saturated heterocycles. The molecule has 1 unspecified atom stereocenters. The third-order valence-electron chi connectivity index (χ3n) is 4.69. The molecule has 1 heterocycles. The van der Waals surface area contributed by atoms with E-state index in [1.165, 1.54) is 17.4 Å². The van der Waals surface area contributed by atoms with Crippen molar-refractivity contribution < 1.29 is 13.2 Å². The number of sulfonamides is 1. The number of nitrogens with one attached hydrogen (secondary N) is 2. The molecule has 0 fully saturated rings. The summed E-state index contributed by atoms with van der Waals surface area (Å²) in [7, 11) is -3.85. The van der Waals surface area contributed by atoms with E-state index in [0.29, 0.717) is 13.0 Å². The van der Waals surface area contributed by atoms with E-state index >= 15 is 0 Å². The van der Waals surface area contributed by atoms with E-state index in [0.717, 1.165) is 26.4 Å². The second-order valence-corrected chi connectivity index (χ2v) is 10.8. The molecule has 8 heteroatoms. The normalized spacial score (nSPS) is 13.0. The van der Waals surface area contributed by atoms with Crippen LogP contribution in [0.25, 0.3) is 10.2 Å². The lowest BCUT2D eigenvalue weighted by Gasteiger charge is -2.20. The summed E-state index contributed by atoms with van der Waals surface area (Å²) in [6.45, 7) is 8.15. The second kappa shape index (κ2) is 9.24. The molecule has 6 nitrogen and oxygen atoms in total. The zero-order valence-electron chi connectivity index (χ0n) is 17.6. The summed E-state index contributed by atoms with van der Waals surface area (Å²) in [6.07, 6.45) is 0.404. The SMILES string of the molecule is Cc1ccc(CNC(=O)C(CC(C)C)NS(=O)(=O)c2ccc3nc(C)sc3c2)cc1. The predicted molar refractivity (Wildman–Crippen MR) is 121 cm³/mol. The highest BCUT2D eigenvalue weighted by Gasteiger charge is 2.26.